The monoisotopic (exact) mass is 1180 g/mol. The maximum absolute atomic E-state index is 7.54. The van der Waals surface area contributed by atoms with Crippen molar-refractivity contribution in [3.8, 4) is 0 Å². The van der Waals surface area contributed by atoms with Gasteiger partial charge in [0.05, 0.1) is 34.1 Å². The first kappa shape index (κ1) is 51.9. The highest BCUT2D eigenvalue weighted by atomic mass is 16.3. The Labute approximate surface area is 533 Å². The highest BCUT2D eigenvalue weighted by Crippen LogP contribution is 2.54. The topological polar surface area (TPSA) is 45.7 Å². The largest absolute Gasteiger partial charge is 0.468 e. The smallest absolute Gasteiger partial charge is 0.297 e. The molecule has 4 aliphatic heterocycles. The summed E-state index contributed by atoms with van der Waals surface area (Å²) in [7, 11) is 0. The number of anilines is 18. The van der Waals surface area contributed by atoms with Crippen molar-refractivity contribution in [2.24, 2.45) is 0 Å². The molecule has 4 aliphatic rings. The van der Waals surface area contributed by atoms with Crippen LogP contribution in [0, 0.1) is 0 Å². The molecule has 15 aromatic rings. The van der Waals surface area contributed by atoms with Crippen molar-refractivity contribution in [2.75, 3.05) is 29.4 Å². The number of nitrogens with zero attached hydrogens (tertiary/aromatic N) is 6. The summed E-state index contributed by atoms with van der Waals surface area (Å²) in [6.45, 7) is -0.756. The summed E-state index contributed by atoms with van der Waals surface area (Å²) in [5.41, 5.74) is 26.7. The standard InChI is InChI=1S/C82H54B2N6O2/c1-9-29-55(30-10-1)85(56-31-11-2-12-32-56)63-49-71-77-73(51-63)89(61-41-21-7-22-42-61)79-65-45-25-27-47-75(65)91-81(79)83(77)67-53-68-70(54-69(67)87(71)59-37-17-5-18-38-59)88(60-39-19-6-20-40-60)72-50-64(86(57-33-13-3-14-34-57)58-35-15-4-16-36-58)52-74-78(72)84(68)82-80(66-46-26-28-48-76(66)92-82)90(74)62-43-23-8-24-44-62/h1-54H. The molecule has 10 heteroatoms. The zero-order valence-corrected chi connectivity index (χ0v) is 49.8. The third kappa shape index (κ3) is 7.87. The minimum absolute atomic E-state index is 0.378. The van der Waals surface area contributed by atoms with E-state index < -0.39 is 0 Å². The molecule has 6 heterocycles. The first-order chi connectivity index (χ1) is 45.7. The molecule has 2 aromatic heterocycles. The van der Waals surface area contributed by atoms with Gasteiger partial charge >= 0.3 is 0 Å². The number of hydrogen-bond donors (Lipinski definition) is 0. The zero-order chi connectivity index (χ0) is 60.4. The van der Waals surface area contributed by atoms with Gasteiger partial charge in [-0.15, -0.1) is 0 Å². The van der Waals surface area contributed by atoms with Crippen molar-refractivity contribution in [1.29, 1.82) is 0 Å². The second-order valence-electron chi connectivity index (χ2n) is 24.0. The number of hydrogen-bond acceptors (Lipinski definition) is 8. The van der Waals surface area contributed by atoms with Gasteiger partial charge in [0.25, 0.3) is 13.4 Å². The van der Waals surface area contributed by atoms with Crippen LogP contribution in [0.2, 0.25) is 0 Å². The number of rotatable bonds is 10. The van der Waals surface area contributed by atoms with Crippen molar-refractivity contribution in [1.82, 2.24) is 0 Å². The molecule has 0 saturated heterocycles. The zero-order valence-electron chi connectivity index (χ0n) is 49.8. The maximum Gasteiger partial charge on any atom is 0.297 e. The third-order valence-corrected chi connectivity index (χ3v) is 18.9. The van der Waals surface area contributed by atoms with Gasteiger partial charge in [0.2, 0.25) is 0 Å². The van der Waals surface area contributed by atoms with E-state index in [0.29, 0.717) is 0 Å². The molecular formula is C82H54B2N6O2. The molecule has 0 aliphatic carbocycles. The summed E-state index contributed by atoms with van der Waals surface area (Å²) in [5, 5.41) is 2.09. The fourth-order valence-corrected chi connectivity index (χ4v) is 15.2. The molecule has 0 N–H and O–H groups in total. The molecule has 0 atom stereocenters. The Morgan fingerprint density at radius 2 is 0.511 bits per heavy atom. The van der Waals surface area contributed by atoms with Gasteiger partial charge in [-0.1, -0.05) is 176 Å². The molecule has 8 nitrogen and oxygen atoms in total. The lowest BCUT2D eigenvalue weighted by atomic mass is 9.32. The van der Waals surface area contributed by atoms with Gasteiger partial charge in [-0.05, 0) is 174 Å². The molecule has 13 aromatic carbocycles. The molecule has 0 spiro atoms. The average Bonchev–Trinajstić information content (AvgIpc) is 1.16. The number of furan rings is 2. The van der Waals surface area contributed by atoms with Gasteiger partial charge in [0, 0.05) is 90.4 Å². The molecule has 0 fully saturated rings. The Balaban J connectivity index is 0.960. The normalized spacial score (nSPS) is 13.1. The van der Waals surface area contributed by atoms with Crippen molar-refractivity contribution in [3.05, 3.63) is 328 Å². The van der Waals surface area contributed by atoms with E-state index in [1.807, 2.05) is 0 Å². The molecular weight excluding hydrogens is 1120 g/mol. The van der Waals surface area contributed by atoms with E-state index in [4.69, 9.17) is 8.83 Å². The van der Waals surface area contributed by atoms with Gasteiger partial charge in [0.15, 0.2) is 0 Å². The van der Waals surface area contributed by atoms with Gasteiger partial charge in [-0.25, -0.2) is 0 Å². The molecule has 0 unspecified atom stereocenters. The van der Waals surface area contributed by atoms with Crippen LogP contribution in [0.5, 0.6) is 0 Å². The third-order valence-electron chi connectivity index (χ3n) is 18.9. The van der Waals surface area contributed by atoms with Crippen LogP contribution in [0.25, 0.3) is 21.9 Å². The number of fused-ring (bicyclic) bond motifs is 12. The summed E-state index contributed by atoms with van der Waals surface area (Å²) < 4.78 is 15.1. The first-order valence-electron chi connectivity index (χ1n) is 31.5. The van der Waals surface area contributed by atoms with Crippen LogP contribution in [0.1, 0.15) is 0 Å². The average molecular weight is 1180 g/mol. The Bertz CT molecular complexity index is 4920. The van der Waals surface area contributed by atoms with Gasteiger partial charge < -0.3 is 38.2 Å². The predicted molar refractivity (Wildman–Crippen MR) is 383 cm³/mol. The van der Waals surface area contributed by atoms with Crippen molar-refractivity contribution in [2.45, 2.75) is 0 Å². The van der Waals surface area contributed by atoms with E-state index in [0.717, 1.165) is 157 Å². The van der Waals surface area contributed by atoms with E-state index in [1.54, 1.807) is 0 Å². The summed E-state index contributed by atoms with van der Waals surface area (Å²) in [6, 6.07) is 118. The van der Waals surface area contributed by atoms with Crippen LogP contribution >= 0.6 is 0 Å². The van der Waals surface area contributed by atoms with Gasteiger partial charge in [-0.3, -0.25) is 0 Å². The van der Waals surface area contributed by atoms with Crippen LogP contribution in [0.4, 0.5) is 102 Å². The van der Waals surface area contributed by atoms with Gasteiger partial charge in [0.1, 0.15) is 11.2 Å². The molecule has 0 radical (unpaired) electrons. The second kappa shape index (κ2) is 20.7. The van der Waals surface area contributed by atoms with E-state index in [-0.39, 0.29) is 13.4 Å². The van der Waals surface area contributed by atoms with E-state index in [1.165, 1.54) is 0 Å². The quantitative estimate of drug-likeness (QED) is 0.126. The molecule has 0 bridgehead atoms. The Hall–Kier alpha value is -12.1. The highest BCUT2D eigenvalue weighted by molar-refractivity contribution is 7.02. The Kier molecular flexibility index (Phi) is 11.7. The van der Waals surface area contributed by atoms with Crippen LogP contribution in [0.3, 0.4) is 0 Å². The molecule has 430 valence electrons. The van der Waals surface area contributed by atoms with Gasteiger partial charge in [-0.2, -0.15) is 0 Å². The lowest BCUT2D eigenvalue weighted by Gasteiger charge is -2.46. The fourth-order valence-electron chi connectivity index (χ4n) is 15.2. The second-order valence-corrected chi connectivity index (χ2v) is 24.0. The predicted octanol–water partition coefficient (Wildman–Crippen LogP) is 18.3. The van der Waals surface area contributed by atoms with Crippen molar-refractivity contribution < 1.29 is 8.83 Å². The molecule has 0 amide bonds. The summed E-state index contributed by atoms with van der Waals surface area (Å²) in [4.78, 5) is 14.8. The molecule has 0 saturated carbocycles. The minimum Gasteiger partial charge on any atom is -0.468 e. The lowest BCUT2D eigenvalue weighted by Crippen LogP contribution is -2.65. The number of para-hydroxylation sites is 10. The Morgan fingerprint density at radius 3 is 0.837 bits per heavy atom. The van der Waals surface area contributed by atoms with Crippen LogP contribution in [-0.4, -0.2) is 13.4 Å². The van der Waals surface area contributed by atoms with Crippen LogP contribution in [-0.2, 0) is 0 Å². The summed E-state index contributed by atoms with van der Waals surface area (Å²) in [6.07, 6.45) is 0. The number of benzene rings is 13. The lowest BCUT2D eigenvalue weighted by molar-refractivity contribution is 0.651. The fraction of sp³-hybridized carbons (Fsp3) is 0. The first-order valence-corrected chi connectivity index (χ1v) is 31.5. The molecule has 92 heavy (non-hydrogen) atoms. The van der Waals surface area contributed by atoms with E-state index in [2.05, 4.69) is 357 Å². The minimum atomic E-state index is -0.378. The van der Waals surface area contributed by atoms with Crippen LogP contribution in [0.15, 0.2) is 336 Å². The SMILES string of the molecule is c1ccc(N(c2ccccc2)c2cc3c4c(c2)N(c2ccccc2)c2c(oc5ccccc25)B4c2cc4c(cc2N3c2ccccc2)N(c2ccccc2)c2cc(N(c3ccccc3)c3ccccc3)cc3c2B4c2oc4ccccc4c2N3c2ccccc2)cc1. The van der Waals surface area contributed by atoms with Crippen LogP contribution < -0.4 is 62.6 Å². The Morgan fingerprint density at radius 1 is 0.239 bits per heavy atom. The van der Waals surface area contributed by atoms with E-state index in [9.17, 15) is 0 Å². The van der Waals surface area contributed by atoms with E-state index >= 15 is 0 Å². The highest BCUT2D eigenvalue weighted by Gasteiger charge is 2.52. The molecule has 19 rings (SSSR count). The summed E-state index contributed by atoms with van der Waals surface area (Å²) >= 11 is 0. The van der Waals surface area contributed by atoms with Crippen molar-refractivity contribution in [3.63, 3.8) is 0 Å². The maximum atomic E-state index is 7.54. The van der Waals surface area contributed by atoms with Crippen molar-refractivity contribution >= 4 is 171 Å². The summed E-state index contributed by atoms with van der Waals surface area (Å²) in [5.74, 6) is 0.